The van der Waals surface area contributed by atoms with Gasteiger partial charge in [0.1, 0.15) is 0 Å². The van der Waals surface area contributed by atoms with Gasteiger partial charge in [-0.1, -0.05) is 0 Å². The Balaban J connectivity index is 0.000000265. The van der Waals surface area contributed by atoms with Crippen LogP contribution < -0.4 is 5.73 Å². The third kappa shape index (κ3) is 5.45. The van der Waals surface area contributed by atoms with E-state index in [9.17, 15) is 17.6 Å². The second kappa shape index (κ2) is 5.13. The number of aromatic nitrogens is 1. The lowest BCUT2D eigenvalue weighted by atomic mass is 10.4. The monoisotopic (exact) mass is 226 g/mol. The van der Waals surface area contributed by atoms with Gasteiger partial charge in [-0.05, 0) is 12.1 Å². The van der Waals surface area contributed by atoms with E-state index in [-0.39, 0.29) is 5.82 Å². The molecule has 0 saturated carbocycles. The first-order chi connectivity index (χ1) is 6.75. The Kier molecular flexibility index (Phi) is 4.49. The minimum atomic E-state index is -5.08. The molecule has 4 nitrogen and oxygen atoms in total. The van der Waals surface area contributed by atoms with Gasteiger partial charge in [0, 0.05) is 6.20 Å². The molecule has 1 aromatic rings. The van der Waals surface area contributed by atoms with Crippen molar-refractivity contribution in [2.45, 2.75) is 6.18 Å². The number of alkyl halides is 3. The average Bonchev–Trinajstić information content (AvgIpc) is 2.09. The summed E-state index contributed by atoms with van der Waals surface area (Å²) in [5.74, 6) is -3.27. The summed E-state index contributed by atoms with van der Waals surface area (Å²) in [5.41, 5.74) is 5.03. The van der Waals surface area contributed by atoms with Crippen LogP contribution in [0.4, 0.5) is 23.4 Å². The van der Waals surface area contributed by atoms with Gasteiger partial charge in [-0.25, -0.2) is 14.2 Å². The number of aliphatic carboxylic acids is 1. The molecule has 0 saturated heterocycles. The van der Waals surface area contributed by atoms with Crippen molar-refractivity contribution in [3.05, 3.63) is 24.1 Å². The quantitative estimate of drug-likeness (QED) is 0.656. The molecule has 1 rings (SSSR count). The van der Waals surface area contributed by atoms with Gasteiger partial charge in [0.15, 0.2) is 11.6 Å². The maximum atomic E-state index is 12.1. The van der Waals surface area contributed by atoms with Crippen LogP contribution in [0.25, 0.3) is 0 Å². The molecule has 0 spiro atoms. The van der Waals surface area contributed by atoms with Crippen molar-refractivity contribution in [3.8, 4) is 0 Å². The lowest BCUT2D eigenvalue weighted by Crippen LogP contribution is -2.21. The van der Waals surface area contributed by atoms with Gasteiger partial charge >= 0.3 is 12.1 Å². The van der Waals surface area contributed by atoms with Crippen molar-refractivity contribution < 1.29 is 27.5 Å². The van der Waals surface area contributed by atoms with Crippen LogP contribution in [0, 0.1) is 5.82 Å². The van der Waals surface area contributed by atoms with Crippen LogP contribution in [0.5, 0.6) is 0 Å². The summed E-state index contributed by atoms with van der Waals surface area (Å²) in [6.07, 6.45) is -3.64. The molecule has 8 heteroatoms. The number of nitrogens with zero attached hydrogens (tertiary/aromatic N) is 1. The first-order valence-electron chi connectivity index (χ1n) is 3.41. The number of nitrogen functional groups attached to an aromatic ring is 1. The Morgan fingerprint density at radius 2 is 1.93 bits per heavy atom. The van der Waals surface area contributed by atoms with Gasteiger partial charge in [-0.2, -0.15) is 13.2 Å². The first kappa shape index (κ1) is 13.1. The van der Waals surface area contributed by atoms with Gasteiger partial charge < -0.3 is 10.8 Å². The number of carboxylic acid groups (broad SMARTS) is 1. The third-order valence-corrected chi connectivity index (χ3v) is 1.03. The lowest BCUT2D eigenvalue weighted by molar-refractivity contribution is -0.192. The smallest absolute Gasteiger partial charge is 0.475 e. The molecule has 0 unspecified atom stereocenters. The maximum absolute atomic E-state index is 12.1. The van der Waals surface area contributed by atoms with Crippen LogP contribution in [-0.4, -0.2) is 22.2 Å². The van der Waals surface area contributed by atoms with E-state index in [1.807, 2.05) is 0 Å². The Morgan fingerprint density at radius 1 is 1.47 bits per heavy atom. The Hall–Kier alpha value is -1.86. The number of carbonyl (C=O) groups is 1. The van der Waals surface area contributed by atoms with Crippen LogP contribution in [0.3, 0.4) is 0 Å². The van der Waals surface area contributed by atoms with Crippen LogP contribution in [-0.2, 0) is 4.79 Å². The number of halogens is 4. The molecular weight excluding hydrogens is 220 g/mol. The summed E-state index contributed by atoms with van der Waals surface area (Å²) in [6.45, 7) is 0. The van der Waals surface area contributed by atoms with Crippen LogP contribution in [0.2, 0.25) is 0 Å². The first-order valence-corrected chi connectivity index (χ1v) is 3.41. The van der Waals surface area contributed by atoms with Gasteiger partial charge in [0.2, 0.25) is 0 Å². The topological polar surface area (TPSA) is 76.2 Å². The molecule has 84 valence electrons. The molecule has 0 radical (unpaired) electrons. The molecule has 0 aliphatic carbocycles. The molecule has 15 heavy (non-hydrogen) atoms. The molecule has 0 aromatic carbocycles. The number of nitrogens with two attached hydrogens (primary N) is 1. The third-order valence-electron chi connectivity index (χ3n) is 1.03. The molecule has 0 atom stereocenters. The van der Waals surface area contributed by atoms with E-state index in [1.165, 1.54) is 18.3 Å². The second-order valence-electron chi connectivity index (χ2n) is 2.17. The average molecular weight is 226 g/mol. The van der Waals surface area contributed by atoms with Gasteiger partial charge in [0.25, 0.3) is 0 Å². The van der Waals surface area contributed by atoms with E-state index in [2.05, 4.69) is 4.98 Å². The van der Waals surface area contributed by atoms with Crippen molar-refractivity contribution in [2.75, 3.05) is 5.73 Å². The largest absolute Gasteiger partial charge is 0.490 e. The molecular formula is C7H6F4N2O2. The summed E-state index contributed by atoms with van der Waals surface area (Å²) in [6, 6.07) is 2.76. The standard InChI is InChI=1S/C5H5FN2.C2HF3O2/c6-4-2-1-3-8-5(4)7;3-2(4,5)1(6)7/h1-3H,(H2,7,8);(H,6,7). The highest BCUT2D eigenvalue weighted by Gasteiger charge is 2.38. The van der Waals surface area contributed by atoms with Gasteiger partial charge in [-0.15, -0.1) is 0 Å². The zero-order valence-corrected chi connectivity index (χ0v) is 7.12. The molecule has 1 heterocycles. The normalized spacial score (nSPS) is 10.1. The number of hydrogen-bond donors (Lipinski definition) is 2. The van der Waals surface area contributed by atoms with Crippen molar-refractivity contribution in [1.82, 2.24) is 4.98 Å². The molecule has 0 fully saturated rings. The van der Waals surface area contributed by atoms with E-state index in [4.69, 9.17) is 15.6 Å². The second-order valence-corrected chi connectivity index (χ2v) is 2.17. The Bertz CT molecular complexity index is 319. The summed E-state index contributed by atoms with van der Waals surface area (Å²) in [4.78, 5) is 12.4. The highest BCUT2D eigenvalue weighted by Crippen LogP contribution is 2.13. The molecule has 1 aromatic heterocycles. The Morgan fingerprint density at radius 3 is 2.13 bits per heavy atom. The zero-order valence-electron chi connectivity index (χ0n) is 7.12. The van der Waals surface area contributed by atoms with E-state index >= 15 is 0 Å². The van der Waals surface area contributed by atoms with Gasteiger partial charge in [0.05, 0.1) is 0 Å². The fourth-order valence-electron chi connectivity index (χ4n) is 0.398. The molecule has 3 N–H and O–H groups in total. The zero-order chi connectivity index (χ0) is 12.1. The minimum absolute atomic E-state index is 0.0486. The molecule has 0 aliphatic rings. The van der Waals surface area contributed by atoms with Crippen LogP contribution >= 0.6 is 0 Å². The number of anilines is 1. The van der Waals surface area contributed by atoms with Crippen molar-refractivity contribution >= 4 is 11.8 Å². The number of pyridine rings is 1. The molecule has 0 aliphatic heterocycles. The van der Waals surface area contributed by atoms with Crippen molar-refractivity contribution in [3.63, 3.8) is 0 Å². The number of carboxylic acids is 1. The van der Waals surface area contributed by atoms with E-state index in [0.29, 0.717) is 0 Å². The molecule has 0 amide bonds. The summed E-state index contributed by atoms with van der Waals surface area (Å²) in [5, 5.41) is 7.12. The maximum Gasteiger partial charge on any atom is 0.490 e. The SMILES string of the molecule is Nc1ncccc1F.O=C(O)C(F)(F)F. The van der Waals surface area contributed by atoms with Crippen molar-refractivity contribution in [2.24, 2.45) is 0 Å². The fraction of sp³-hybridized carbons (Fsp3) is 0.143. The summed E-state index contributed by atoms with van der Waals surface area (Å²) in [7, 11) is 0. The fourth-order valence-corrected chi connectivity index (χ4v) is 0.398. The number of rotatable bonds is 0. The predicted octanol–water partition coefficient (Wildman–Crippen LogP) is 1.44. The van der Waals surface area contributed by atoms with E-state index < -0.39 is 18.0 Å². The Labute approximate surface area is 81.3 Å². The van der Waals surface area contributed by atoms with E-state index in [1.54, 1.807) is 0 Å². The minimum Gasteiger partial charge on any atom is -0.475 e. The van der Waals surface area contributed by atoms with Crippen LogP contribution in [0.15, 0.2) is 18.3 Å². The highest BCUT2D eigenvalue weighted by molar-refractivity contribution is 5.73. The van der Waals surface area contributed by atoms with E-state index in [0.717, 1.165) is 0 Å². The van der Waals surface area contributed by atoms with Gasteiger partial charge in [-0.3, -0.25) is 0 Å². The van der Waals surface area contributed by atoms with Crippen LogP contribution in [0.1, 0.15) is 0 Å². The number of hydrogen-bond acceptors (Lipinski definition) is 3. The predicted molar refractivity (Wildman–Crippen MR) is 42.3 cm³/mol. The summed E-state index contributed by atoms with van der Waals surface area (Å²) < 4.78 is 43.9. The van der Waals surface area contributed by atoms with Crippen molar-refractivity contribution in [1.29, 1.82) is 0 Å². The highest BCUT2D eigenvalue weighted by atomic mass is 19.4. The lowest BCUT2D eigenvalue weighted by Gasteiger charge is -1.93. The molecule has 0 bridgehead atoms. The summed E-state index contributed by atoms with van der Waals surface area (Å²) >= 11 is 0.